The van der Waals surface area contributed by atoms with Crippen LogP contribution in [0.3, 0.4) is 0 Å². The second-order valence-corrected chi connectivity index (χ2v) is 4.01. The lowest BCUT2D eigenvalue weighted by molar-refractivity contribution is 0.475. The van der Waals surface area contributed by atoms with Crippen LogP contribution < -0.4 is 0 Å². The van der Waals surface area contributed by atoms with Crippen molar-refractivity contribution in [1.82, 2.24) is 14.4 Å². The highest BCUT2D eigenvalue weighted by atomic mass is 16.3. The third kappa shape index (κ3) is 2.73. The molecular weight excluding hydrogens is 238 g/mol. The van der Waals surface area contributed by atoms with E-state index >= 15 is 0 Å². The van der Waals surface area contributed by atoms with Crippen molar-refractivity contribution in [3.05, 3.63) is 48.4 Å². The molecule has 0 saturated carbocycles. The van der Waals surface area contributed by atoms with Gasteiger partial charge in [0.2, 0.25) is 5.78 Å². The van der Waals surface area contributed by atoms with E-state index in [9.17, 15) is 5.11 Å². The maximum absolute atomic E-state index is 9.24. The molecule has 0 saturated heterocycles. The summed E-state index contributed by atoms with van der Waals surface area (Å²) >= 11 is 0. The van der Waals surface area contributed by atoms with E-state index < -0.39 is 0 Å². The molecular formula is C15H17N3O. The lowest BCUT2D eigenvalue weighted by atomic mass is 10.2. The zero-order valence-electron chi connectivity index (χ0n) is 11.3. The Morgan fingerprint density at radius 2 is 1.74 bits per heavy atom. The van der Waals surface area contributed by atoms with Crippen molar-refractivity contribution in [3.63, 3.8) is 0 Å². The summed E-state index contributed by atoms with van der Waals surface area (Å²) in [6, 6.07) is 6.98. The van der Waals surface area contributed by atoms with E-state index in [1.54, 1.807) is 18.3 Å². The number of benzene rings is 1. The summed E-state index contributed by atoms with van der Waals surface area (Å²) in [7, 11) is 0. The van der Waals surface area contributed by atoms with Gasteiger partial charge in [0.1, 0.15) is 5.75 Å². The Labute approximate surface area is 112 Å². The van der Waals surface area contributed by atoms with Crippen molar-refractivity contribution in [2.75, 3.05) is 0 Å². The first-order chi connectivity index (χ1) is 9.22. The van der Waals surface area contributed by atoms with Gasteiger partial charge >= 0.3 is 0 Å². The molecule has 3 rings (SSSR count). The zero-order chi connectivity index (χ0) is 13.8. The highest BCUT2D eigenvalue weighted by Gasteiger charge is 2.04. The third-order valence-electron chi connectivity index (χ3n) is 2.60. The summed E-state index contributed by atoms with van der Waals surface area (Å²) in [5, 5.41) is 9.24. The van der Waals surface area contributed by atoms with Gasteiger partial charge in [-0.15, -0.1) is 0 Å². The van der Waals surface area contributed by atoms with Crippen LogP contribution in [0.25, 0.3) is 17.0 Å². The summed E-state index contributed by atoms with van der Waals surface area (Å²) in [5.74, 6) is 0.935. The van der Waals surface area contributed by atoms with Crippen LogP contribution in [0.5, 0.6) is 5.75 Å². The Kier molecular flexibility index (Phi) is 3.80. The molecule has 0 bridgehead atoms. The molecule has 1 N–H and O–H groups in total. The van der Waals surface area contributed by atoms with Crippen LogP contribution in [0.2, 0.25) is 0 Å². The molecule has 0 aliphatic heterocycles. The molecule has 0 spiro atoms. The molecule has 2 aromatic heterocycles. The monoisotopic (exact) mass is 255 g/mol. The topological polar surface area (TPSA) is 50.4 Å². The Balaban J connectivity index is 0.000000637. The average Bonchev–Trinajstić information content (AvgIpc) is 2.84. The van der Waals surface area contributed by atoms with E-state index in [0.717, 1.165) is 16.8 Å². The minimum Gasteiger partial charge on any atom is -0.508 e. The molecule has 19 heavy (non-hydrogen) atoms. The fraction of sp³-hybridized carbons (Fsp3) is 0.200. The van der Waals surface area contributed by atoms with Gasteiger partial charge in [-0.25, -0.2) is 9.97 Å². The fourth-order valence-corrected chi connectivity index (χ4v) is 1.76. The maximum Gasteiger partial charge on any atom is 0.234 e. The molecule has 0 atom stereocenters. The number of imidazole rings is 1. The highest BCUT2D eigenvalue weighted by molar-refractivity contribution is 5.62. The van der Waals surface area contributed by atoms with Gasteiger partial charge in [0.25, 0.3) is 0 Å². The molecule has 0 amide bonds. The van der Waals surface area contributed by atoms with Gasteiger partial charge in [-0.05, 0) is 36.8 Å². The van der Waals surface area contributed by atoms with Crippen LogP contribution in [-0.2, 0) is 0 Å². The zero-order valence-corrected chi connectivity index (χ0v) is 11.3. The quantitative estimate of drug-likeness (QED) is 0.724. The van der Waals surface area contributed by atoms with Gasteiger partial charge in [-0.2, -0.15) is 0 Å². The average molecular weight is 255 g/mol. The van der Waals surface area contributed by atoms with Gasteiger partial charge in [0.15, 0.2) is 0 Å². The Hall–Kier alpha value is -2.36. The van der Waals surface area contributed by atoms with Crippen LogP contribution in [-0.4, -0.2) is 19.5 Å². The van der Waals surface area contributed by atoms with E-state index in [-0.39, 0.29) is 5.75 Å². The van der Waals surface area contributed by atoms with Crippen molar-refractivity contribution in [3.8, 4) is 17.0 Å². The molecule has 4 nitrogen and oxygen atoms in total. The van der Waals surface area contributed by atoms with Gasteiger partial charge in [-0.3, -0.25) is 4.40 Å². The molecule has 0 radical (unpaired) electrons. The Bertz CT molecular complexity index is 671. The molecule has 4 heteroatoms. The largest absolute Gasteiger partial charge is 0.508 e. The predicted molar refractivity (Wildman–Crippen MR) is 76.2 cm³/mol. The minimum absolute atomic E-state index is 0.256. The molecule has 3 aromatic rings. The van der Waals surface area contributed by atoms with Crippen LogP contribution in [0.15, 0.2) is 42.9 Å². The number of fused-ring (bicyclic) bond motifs is 1. The second-order valence-electron chi connectivity index (χ2n) is 4.01. The lowest BCUT2D eigenvalue weighted by Gasteiger charge is -1.95. The Morgan fingerprint density at radius 3 is 2.42 bits per heavy atom. The summed E-state index contributed by atoms with van der Waals surface area (Å²) in [6.07, 6.45) is 5.71. The lowest BCUT2D eigenvalue weighted by Crippen LogP contribution is -1.87. The van der Waals surface area contributed by atoms with Crippen molar-refractivity contribution < 1.29 is 5.11 Å². The maximum atomic E-state index is 9.24. The first-order valence-electron chi connectivity index (χ1n) is 6.33. The number of rotatable bonds is 1. The van der Waals surface area contributed by atoms with Gasteiger partial charge < -0.3 is 5.11 Å². The number of aromatic hydroxyl groups is 1. The first-order valence-corrected chi connectivity index (χ1v) is 6.33. The standard InChI is InChI=1S/C13H11N3O.C2H6/c1-9-6-14-13-15-12(8-16(13)7-9)10-2-4-11(17)5-3-10;1-2/h2-8,17H,1H3;1-2H3. The molecule has 98 valence electrons. The summed E-state index contributed by atoms with van der Waals surface area (Å²) in [5.41, 5.74) is 2.90. The van der Waals surface area contributed by atoms with Crippen molar-refractivity contribution in [1.29, 1.82) is 0 Å². The van der Waals surface area contributed by atoms with Crippen molar-refractivity contribution >= 4 is 5.78 Å². The van der Waals surface area contributed by atoms with Gasteiger partial charge in [0.05, 0.1) is 5.69 Å². The Morgan fingerprint density at radius 1 is 1.05 bits per heavy atom. The molecule has 0 aliphatic rings. The molecule has 0 unspecified atom stereocenters. The number of nitrogens with zero attached hydrogens (tertiary/aromatic N) is 3. The van der Waals surface area contributed by atoms with E-state index in [2.05, 4.69) is 9.97 Å². The van der Waals surface area contributed by atoms with Crippen LogP contribution in [0, 0.1) is 6.92 Å². The van der Waals surface area contributed by atoms with Crippen LogP contribution >= 0.6 is 0 Å². The number of aromatic nitrogens is 3. The highest BCUT2D eigenvalue weighted by Crippen LogP contribution is 2.21. The predicted octanol–water partition coefficient (Wildman–Crippen LogP) is 3.44. The molecule has 0 fully saturated rings. The normalized spacial score (nSPS) is 10.1. The van der Waals surface area contributed by atoms with Gasteiger partial charge in [-0.1, -0.05) is 13.8 Å². The molecule has 2 heterocycles. The smallest absolute Gasteiger partial charge is 0.234 e. The first kappa shape index (κ1) is 13.1. The van der Waals surface area contributed by atoms with E-state index in [1.165, 1.54) is 0 Å². The summed E-state index contributed by atoms with van der Waals surface area (Å²) in [4.78, 5) is 8.67. The minimum atomic E-state index is 0.256. The SMILES string of the molecule is CC.Cc1cnc2nc(-c3ccc(O)cc3)cn2c1. The van der Waals surface area contributed by atoms with E-state index in [1.807, 2.05) is 49.7 Å². The molecule has 0 aliphatic carbocycles. The molecule has 1 aromatic carbocycles. The number of phenolic OH excluding ortho intramolecular Hbond substituents is 1. The van der Waals surface area contributed by atoms with E-state index in [0.29, 0.717) is 5.78 Å². The third-order valence-corrected chi connectivity index (χ3v) is 2.60. The van der Waals surface area contributed by atoms with Crippen LogP contribution in [0.4, 0.5) is 0 Å². The van der Waals surface area contributed by atoms with Crippen molar-refractivity contribution in [2.24, 2.45) is 0 Å². The number of hydrogen-bond acceptors (Lipinski definition) is 3. The fourth-order valence-electron chi connectivity index (χ4n) is 1.76. The van der Waals surface area contributed by atoms with Gasteiger partial charge in [0, 0.05) is 24.2 Å². The second kappa shape index (κ2) is 5.52. The number of aryl methyl sites for hydroxylation is 1. The van der Waals surface area contributed by atoms with Crippen molar-refractivity contribution in [2.45, 2.75) is 20.8 Å². The van der Waals surface area contributed by atoms with Crippen LogP contribution in [0.1, 0.15) is 19.4 Å². The summed E-state index contributed by atoms with van der Waals surface area (Å²) in [6.45, 7) is 5.99. The summed E-state index contributed by atoms with van der Waals surface area (Å²) < 4.78 is 1.90. The number of hydrogen-bond donors (Lipinski definition) is 1. The van der Waals surface area contributed by atoms with E-state index in [4.69, 9.17) is 0 Å². The number of phenols is 1.